The van der Waals surface area contributed by atoms with Crippen LogP contribution in [0.2, 0.25) is 5.02 Å². The molecule has 2 heterocycles. The van der Waals surface area contributed by atoms with Crippen LogP contribution in [0.4, 0.5) is 0 Å². The molecule has 6 heteroatoms. The molecule has 15 heavy (non-hydrogen) atoms. The average molecular weight is 262 g/mol. The zero-order chi connectivity index (χ0) is 9.54. The van der Waals surface area contributed by atoms with Gasteiger partial charge < -0.3 is 5.32 Å². The normalized spacial score (nSPS) is 14.7. The molecular weight excluding hydrogens is 253 g/mol. The van der Waals surface area contributed by atoms with Crippen LogP contribution in [0, 0.1) is 0 Å². The van der Waals surface area contributed by atoms with Gasteiger partial charge in [0, 0.05) is 11.6 Å². The van der Waals surface area contributed by atoms with E-state index in [9.17, 15) is 0 Å². The van der Waals surface area contributed by atoms with Gasteiger partial charge in [0.1, 0.15) is 5.52 Å². The minimum Gasteiger partial charge on any atom is -0.312 e. The third kappa shape index (κ3) is 1.72. The summed E-state index contributed by atoms with van der Waals surface area (Å²) < 4.78 is 5.04. The number of hydrogen-bond acceptors (Lipinski definition) is 4. The largest absolute Gasteiger partial charge is 0.312 e. The van der Waals surface area contributed by atoms with Crippen LogP contribution >= 0.6 is 35.5 Å². The fourth-order valence-corrected chi connectivity index (χ4v) is 2.89. The van der Waals surface area contributed by atoms with Crippen LogP contribution in [0.15, 0.2) is 6.07 Å². The summed E-state index contributed by atoms with van der Waals surface area (Å²) in [7, 11) is 0. The predicted molar refractivity (Wildman–Crippen MR) is 65.1 cm³/mol. The summed E-state index contributed by atoms with van der Waals surface area (Å²) in [5.74, 6) is 0. The second-order valence-electron chi connectivity index (χ2n) is 3.36. The summed E-state index contributed by atoms with van der Waals surface area (Å²) in [5, 5.41) is 8.33. The lowest BCUT2D eigenvalue weighted by molar-refractivity contribution is 0.647. The van der Waals surface area contributed by atoms with Crippen molar-refractivity contribution in [3.8, 4) is 0 Å². The standard InChI is InChI=1S/C9H8ClN3S.ClH/c10-7-3-8-9(12-13-14-8)6-4-11-2-1-5(6)7;/h3,11H,1-2,4H2;1H. The predicted octanol–water partition coefficient (Wildman–Crippen LogP) is 2.41. The smallest absolute Gasteiger partial charge is 0.110 e. The molecule has 0 spiro atoms. The number of aromatic nitrogens is 2. The van der Waals surface area contributed by atoms with E-state index in [0.717, 1.165) is 34.7 Å². The van der Waals surface area contributed by atoms with Gasteiger partial charge in [-0.15, -0.1) is 17.5 Å². The number of hydrogen-bond donors (Lipinski definition) is 1. The maximum absolute atomic E-state index is 6.20. The van der Waals surface area contributed by atoms with Gasteiger partial charge >= 0.3 is 0 Å². The lowest BCUT2D eigenvalue weighted by atomic mass is 10.00. The zero-order valence-electron chi connectivity index (χ0n) is 7.79. The van der Waals surface area contributed by atoms with Crippen molar-refractivity contribution in [1.82, 2.24) is 14.9 Å². The van der Waals surface area contributed by atoms with Crippen LogP contribution in [0.25, 0.3) is 10.2 Å². The van der Waals surface area contributed by atoms with E-state index in [0.29, 0.717) is 0 Å². The van der Waals surface area contributed by atoms with Gasteiger partial charge in [0.2, 0.25) is 0 Å². The molecule has 3 nitrogen and oxygen atoms in total. The molecule has 1 aromatic heterocycles. The van der Waals surface area contributed by atoms with E-state index in [4.69, 9.17) is 11.6 Å². The molecule has 2 aromatic rings. The summed E-state index contributed by atoms with van der Waals surface area (Å²) >= 11 is 7.60. The highest BCUT2D eigenvalue weighted by Gasteiger charge is 2.17. The maximum Gasteiger partial charge on any atom is 0.110 e. The second-order valence-corrected chi connectivity index (χ2v) is 4.55. The van der Waals surface area contributed by atoms with Crippen molar-refractivity contribution < 1.29 is 0 Å². The fourth-order valence-electron chi connectivity index (χ4n) is 1.88. The van der Waals surface area contributed by atoms with Gasteiger partial charge in [-0.25, -0.2) is 0 Å². The van der Waals surface area contributed by atoms with Crippen molar-refractivity contribution in [1.29, 1.82) is 0 Å². The first-order valence-corrected chi connectivity index (χ1v) is 5.64. The molecule has 1 aliphatic heterocycles. The fraction of sp³-hybridized carbons (Fsp3) is 0.333. The monoisotopic (exact) mass is 261 g/mol. The summed E-state index contributed by atoms with van der Waals surface area (Å²) in [6.45, 7) is 1.85. The lowest BCUT2D eigenvalue weighted by Crippen LogP contribution is -2.24. The Morgan fingerprint density at radius 3 is 3.13 bits per heavy atom. The molecule has 80 valence electrons. The molecule has 1 aromatic carbocycles. The summed E-state index contributed by atoms with van der Waals surface area (Å²) in [4.78, 5) is 0. The summed E-state index contributed by atoms with van der Waals surface area (Å²) in [6.07, 6.45) is 0.988. The Balaban J connectivity index is 0.000000853. The molecule has 0 radical (unpaired) electrons. The number of halogens is 2. The minimum absolute atomic E-state index is 0. The van der Waals surface area contributed by atoms with Gasteiger partial charge in [-0.05, 0) is 41.7 Å². The molecule has 0 aliphatic carbocycles. The van der Waals surface area contributed by atoms with Gasteiger partial charge in [0.15, 0.2) is 0 Å². The quantitative estimate of drug-likeness (QED) is 0.792. The summed E-state index contributed by atoms with van der Waals surface area (Å²) in [6, 6.07) is 1.98. The minimum atomic E-state index is 0. The van der Waals surface area contributed by atoms with Crippen molar-refractivity contribution in [2.24, 2.45) is 0 Å². The Hall–Kier alpha value is -0.420. The third-order valence-corrected chi connectivity index (χ3v) is 3.57. The number of rotatable bonds is 0. The van der Waals surface area contributed by atoms with Crippen molar-refractivity contribution in [2.75, 3.05) is 6.54 Å². The first-order valence-electron chi connectivity index (χ1n) is 4.49. The Morgan fingerprint density at radius 2 is 2.27 bits per heavy atom. The van der Waals surface area contributed by atoms with E-state index in [1.165, 1.54) is 22.7 Å². The first-order chi connectivity index (χ1) is 6.86. The van der Waals surface area contributed by atoms with Crippen molar-refractivity contribution >= 4 is 45.8 Å². The van der Waals surface area contributed by atoms with Crippen molar-refractivity contribution in [2.45, 2.75) is 13.0 Å². The van der Waals surface area contributed by atoms with E-state index in [1.807, 2.05) is 6.07 Å². The van der Waals surface area contributed by atoms with E-state index in [2.05, 4.69) is 14.9 Å². The van der Waals surface area contributed by atoms with Crippen LogP contribution in [0.5, 0.6) is 0 Å². The molecule has 0 saturated carbocycles. The second kappa shape index (κ2) is 4.22. The van der Waals surface area contributed by atoms with Gasteiger partial charge in [0.05, 0.1) is 4.70 Å². The van der Waals surface area contributed by atoms with Crippen molar-refractivity contribution in [3.63, 3.8) is 0 Å². The molecule has 1 N–H and O–H groups in total. The van der Waals surface area contributed by atoms with Crippen LogP contribution in [-0.2, 0) is 13.0 Å². The molecular formula is C9H9Cl2N3S. The molecule has 1 aliphatic rings. The topological polar surface area (TPSA) is 37.8 Å². The Labute approximate surface area is 102 Å². The average Bonchev–Trinajstić information content (AvgIpc) is 2.66. The molecule has 0 unspecified atom stereocenters. The third-order valence-electron chi connectivity index (χ3n) is 2.56. The molecule has 0 saturated heterocycles. The van der Waals surface area contributed by atoms with E-state index < -0.39 is 0 Å². The van der Waals surface area contributed by atoms with Gasteiger partial charge in [0.25, 0.3) is 0 Å². The molecule has 0 atom stereocenters. The SMILES string of the molecule is Cl.Clc1cc2snnc2c2c1CCNC2. The van der Waals surface area contributed by atoms with Crippen LogP contribution in [0.3, 0.4) is 0 Å². The highest BCUT2D eigenvalue weighted by Crippen LogP contribution is 2.31. The van der Waals surface area contributed by atoms with Gasteiger partial charge in [-0.1, -0.05) is 16.1 Å². The number of nitrogens with zero attached hydrogens (tertiary/aromatic N) is 2. The Morgan fingerprint density at radius 1 is 1.40 bits per heavy atom. The Bertz CT molecular complexity index is 497. The van der Waals surface area contributed by atoms with E-state index in [1.54, 1.807) is 0 Å². The number of benzene rings is 1. The van der Waals surface area contributed by atoms with E-state index in [-0.39, 0.29) is 12.4 Å². The molecule has 0 bridgehead atoms. The lowest BCUT2D eigenvalue weighted by Gasteiger charge is -2.18. The van der Waals surface area contributed by atoms with Crippen LogP contribution < -0.4 is 5.32 Å². The zero-order valence-corrected chi connectivity index (χ0v) is 10.2. The first kappa shape index (κ1) is 11.1. The maximum atomic E-state index is 6.20. The summed E-state index contributed by atoms with van der Waals surface area (Å²) in [5.41, 5.74) is 3.49. The van der Waals surface area contributed by atoms with Crippen molar-refractivity contribution in [3.05, 3.63) is 22.2 Å². The van der Waals surface area contributed by atoms with Crippen LogP contribution in [0.1, 0.15) is 11.1 Å². The number of fused-ring (bicyclic) bond motifs is 3. The molecule has 3 rings (SSSR count). The van der Waals surface area contributed by atoms with E-state index >= 15 is 0 Å². The number of nitrogens with one attached hydrogen (secondary N) is 1. The highest BCUT2D eigenvalue weighted by molar-refractivity contribution is 7.13. The van der Waals surface area contributed by atoms with Crippen LogP contribution in [-0.4, -0.2) is 16.1 Å². The van der Waals surface area contributed by atoms with Gasteiger partial charge in [-0.3, -0.25) is 0 Å². The molecule has 0 amide bonds. The highest BCUT2D eigenvalue weighted by atomic mass is 35.5. The molecule has 0 fully saturated rings. The Kier molecular flexibility index (Phi) is 3.11. The van der Waals surface area contributed by atoms with Gasteiger partial charge in [-0.2, -0.15) is 0 Å².